The van der Waals surface area contributed by atoms with Crippen molar-refractivity contribution in [2.24, 2.45) is 23.7 Å². The molecule has 18 heavy (non-hydrogen) atoms. The van der Waals surface area contributed by atoms with Gasteiger partial charge in [-0.1, -0.05) is 0 Å². The maximum atomic E-state index is 12.2. The number of hydrogen-bond donors (Lipinski definition) is 0. The molecule has 0 aromatic rings. The summed E-state index contributed by atoms with van der Waals surface area (Å²) in [6.07, 6.45) is 6.39. The summed E-state index contributed by atoms with van der Waals surface area (Å²) < 4.78 is 26.1. The highest BCUT2D eigenvalue weighted by Crippen LogP contribution is 2.55. The van der Waals surface area contributed by atoms with Gasteiger partial charge < -0.3 is 0 Å². The molecule has 4 rings (SSSR count). The van der Waals surface area contributed by atoms with Gasteiger partial charge in [-0.15, -0.1) is 11.6 Å². The van der Waals surface area contributed by atoms with Crippen molar-refractivity contribution in [1.29, 1.82) is 0 Å². The number of alkyl halides is 1. The van der Waals surface area contributed by atoms with Gasteiger partial charge in [0.2, 0.25) is 10.0 Å². The molecule has 0 spiro atoms. The molecule has 0 heterocycles. The van der Waals surface area contributed by atoms with Gasteiger partial charge in [0.25, 0.3) is 0 Å². The molecule has 104 valence electrons. The molecule has 5 heteroatoms. The second-order valence-electron chi connectivity index (χ2n) is 6.44. The molecule has 4 fully saturated rings. The molecule has 4 saturated carbocycles. The van der Waals surface area contributed by atoms with E-state index in [4.69, 9.17) is 11.6 Å². The van der Waals surface area contributed by atoms with E-state index in [-0.39, 0.29) is 17.7 Å². The van der Waals surface area contributed by atoms with Gasteiger partial charge in [0.1, 0.15) is 0 Å². The lowest BCUT2D eigenvalue weighted by Crippen LogP contribution is -2.56. The molecule has 0 aromatic heterocycles. The fourth-order valence-electron chi connectivity index (χ4n) is 4.92. The lowest BCUT2D eigenvalue weighted by Gasteiger charge is -2.56. The van der Waals surface area contributed by atoms with E-state index in [2.05, 4.69) is 0 Å². The largest absolute Gasteiger partial charge is 0.215 e. The number of rotatable bonds is 4. The van der Waals surface area contributed by atoms with Gasteiger partial charge in [-0.3, -0.25) is 0 Å². The maximum absolute atomic E-state index is 12.2. The highest BCUT2D eigenvalue weighted by Gasteiger charge is 2.51. The molecular formula is C13H22ClNO2S. The van der Waals surface area contributed by atoms with Gasteiger partial charge in [0.15, 0.2) is 0 Å². The summed E-state index contributed by atoms with van der Waals surface area (Å²) in [6, 6.07) is 0.256. The first-order valence-corrected chi connectivity index (χ1v) is 9.17. The van der Waals surface area contributed by atoms with Crippen LogP contribution in [0.4, 0.5) is 0 Å². The highest BCUT2D eigenvalue weighted by atomic mass is 35.5. The van der Waals surface area contributed by atoms with E-state index in [9.17, 15) is 8.42 Å². The molecule has 3 nitrogen and oxygen atoms in total. The Kier molecular flexibility index (Phi) is 3.40. The zero-order chi connectivity index (χ0) is 12.9. The van der Waals surface area contributed by atoms with Crippen LogP contribution in [0.25, 0.3) is 0 Å². The van der Waals surface area contributed by atoms with E-state index >= 15 is 0 Å². The Hall–Kier alpha value is 0.200. The first-order chi connectivity index (χ1) is 8.51. The molecule has 4 aliphatic carbocycles. The summed E-state index contributed by atoms with van der Waals surface area (Å²) in [7, 11) is -1.38. The van der Waals surface area contributed by atoms with Crippen LogP contribution in [0, 0.1) is 23.7 Å². The Labute approximate surface area is 115 Å². The van der Waals surface area contributed by atoms with Gasteiger partial charge in [0.05, 0.1) is 5.75 Å². The first kappa shape index (κ1) is 13.2. The SMILES string of the molecule is CN(C1C2CC3CC(C2)CC1C3)S(=O)(=O)CCCl. The standard InChI is InChI=1S/C13H22ClNO2S/c1-15(18(16,17)3-2-14)13-11-5-9-4-10(7-11)8-12(13)6-9/h9-13H,2-8H2,1H3. The van der Waals surface area contributed by atoms with E-state index in [1.165, 1.54) is 32.1 Å². The second kappa shape index (κ2) is 4.64. The van der Waals surface area contributed by atoms with Crippen LogP contribution < -0.4 is 0 Å². The molecular weight excluding hydrogens is 270 g/mol. The minimum Gasteiger partial charge on any atom is -0.212 e. The topological polar surface area (TPSA) is 37.4 Å². The van der Waals surface area contributed by atoms with Crippen molar-refractivity contribution in [1.82, 2.24) is 4.31 Å². The zero-order valence-corrected chi connectivity index (χ0v) is 12.5. The third-order valence-corrected chi connectivity index (χ3v) is 7.62. The molecule has 0 N–H and O–H groups in total. The smallest absolute Gasteiger partial charge is 0.212 e. The van der Waals surface area contributed by atoms with Crippen molar-refractivity contribution in [2.75, 3.05) is 18.7 Å². The minimum absolute atomic E-state index is 0.0772. The van der Waals surface area contributed by atoms with Crippen molar-refractivity contribution in [2.45, 2.75) is 38.1 Å². The Morgan fingerprint density at radius 1 is 1.06 bits per heavy atom. The number of nitrogens with zero attached hydrogens (tertiary/aromatic N) is 1. The van der Waals surface area contributed by atoms with Crippen molar-refractivity contribution < 1.29 is 8.42 Å². The lowest BCUT2D eigenvalue weighted by molar-refractivity contribution is -0.0350. The number of halogens is 1. The van der Waals surface area contributed by atoms with E-state index in [1.54, 1.807) is 11.4 Å². The quantitative estimate of drug-likeness (QED) is 0.746. The summed E-state index contributed by atoms with van der Waals surface area (Å²) in [5, 5.41) is 0. The maximum Gasteiger partial charge on any atom is 0.215 e. The predicted molar refractivity (Wildman–Crippen MR) is 73.1 cm³/mol. The van der Waals surface area contributed by atoms with Crippen molar-refractivity contribution in [3.8, 4) is 0 Å². The normalized spacial score (nSPS) is 42.7. The minimum atomic E-state index is -3.15. The highest BCUT2D eigenvalue weighted by molar-refractivity contribution is 7.89. The Morgan fingerprint density at radius 3 is 2.00 bits per heavy atom. The third-order valence-electron chi connectivity index (χ3n) is 5.37. The third kappa shape index (κ3) is 2.10. The van der Waals surface area contributed by atoms with Gasteiger partial charge in [-0.05, 0) is 55.8 Å². The van der Waals surface area contributed by atoms with Gasteiger partial charge >= 0.3 is 0 Å². The predicted octanol–water partition coefficient (Wildman–Crippen LogP) is 2.31. The second-order valence-corrected chi connectivity index (χ2v) is 8.97. The van der Waals surface area contributed by atoms with E-state index < -0.39 is 10.0 Å². The van der Waals surface area contributed by atoms with E-state index in [0.29, 0.717) is 11.8 Å². The van der Waals surface area contributed by atoms with Crippen LogP contribution >= 0.6 is 11.6 Å². The Bertz CT molecular complexity index is 395. The average molecular weight is 292 g/mol. The summed E-state index contributed by atoms with van der Waals surface area (Å²) in [5.74, 6) is 3.25. The molecule has 0 aliphatic heterocycles. The van der Waals surface area contributed by atoms with Crippen LogP contribution in [0.3, 0.4) is 0 Å². The van der Waals surface area contributed by atoms with E-state index in [0.717, 1.165) is 11.8 Å². The van der Waals surface area contributed by atoms with Gasteiger partial charge in [-0.2, -0.15) is 0 Å². The van der Waals surface area contributed by atoms with Crippen molar-refractivity contribution >= 4 is 21.6 Å². The first-order valence-electron chi connectivity index (χ1n) is 7.03. The summed E-state index contributed by atoms with van der Waals surface area (Å²) in [6.45, 7) is 0. The Morgan fingerprint density at radius 2 is 1.56 bits per heavy atom. The fraction of sp³-hybridized carbons (Fsp3) is 1.00. The summed E-state index contributed by atoms with van der Waals surface area (Å²) >= 11 is 5.61. The van der Waals surface area contributed by atoms with Gasteiger partial charge in [-0.25, -0.2) is 12.7 Å². The van der Waals surface area contributed by atoms with Crippen molar-refractivity contribution in [3.05, 3.63) is 0 Å². The van der Waals surface area contributed by atoms with Crippen LogP contribution in [-0.4, -0.2) is 37.4 Å². The molecule has 0 unspecified atom stereocenters. The van der Waals surface area contributed by atoms with Gasteiger partial charge in [0, 0.05) is 19.0 Å². The number of sulfonamides is 1. The number of hydrogen-bond acceptors (Lipinski definition) is 2. The monoisotopic (exact) mass is 291 g/mol. The lowest BCUT2D eigenvalue weighted by atomic mass is 9.54. The molecule has 0 aromatic carbocycles. The van der Waals surface area contributed by atoms with Crippen LogP contribution in [0.15, 0.2) is 0 Å². The van der Waals surface area contributed by atoms with Crippen LogP contribution in [0.2, 0.25) is 0 Å². The summed E-state index contributed by atoms with van der Waals surface area (Å²) in [4.78, 5) is 0. The molecule has 0 saturated heterocycles. The van der Waals surface area contributed by atoms with Crippen LogP contribution in [0.1, 0.15) is 32.1 Å². The fourth-order valence-corrected chi connectivity index (χ4v) is 6.70. The molecule has 4 aliphatic rings. The van der Waals surface area contributed by atoms with Crippen LogP contribution in [-0.2, 0) is 10.0 Å². The molecule has 0 radical (unpaired) electrons. The average Bonchev–Trinajstić information content (AvgIpc) is 2.27. The zero-order valence-electron chi connectivity index (χ0n) is 10.9. The van der Waals surface area contributed by atoms with Crippen LogP contribution in [0.5, 0.6) is 0 Å². The molecule has 0 atom stereocenters. The molecule has 0 amide bonds. The van der Waals surface area contributed by atoms with Crippen molar-refractivity contribution in [3.63, 3.8) is 0 Å². The summed E-state index contributed by atoms with van der Waals surface area (Å²) in [5.41, 5.74) is 0. The van der Waals surface area contributed by atoms with E-state index in [1.807, 2.05) is 0 Å². The Balaban J connectivity index is 1.80. The molecule has 4 bridgehead atoms.